The summed E-state index contributed by atoms with van der Waals surface area (Å²) >= 11 is 0. The molecule has 4 rings (SSSR count). The fourth-order valence-electron chi connectivity index (χ4n) is 4.79. The molecular weight excluding hydrogens is 494 g/mol. The molecule has 3 N–H and O–H groups in total. The second-order valence-electron chi connectivity index (χ2n) is 10.6. The highest BCUT2D eigenvalue weighted by atomic mass is 16.6. The van der Waals surface area contributed by atoms with Gasteiger partial charge in [-0.3, -0.25) is 10.1 Å². The fraction of sp³-hybridized carbons (Fsp3) is 0.355. The number of nitrogens with one attached hydrogen (secondary N) is 2. The summed E-state index contributed by atoms with van der Waals surface area (Å²) in [5, 5.41) is 15.3. The van der Waals surface area contributed by atoms with Gasteiger partial charge in [-0.05, 0) is 41.3 Å². The summed E-state index contributed by atoms with van der Waals surface area (Å²) in [6.07, 6.45) is 1.83. The van der Waals surface area contributed by atoms with Gasteiger partial charge in [-0.1, -0.05) is 48.5 Å². The monoisotopic (exact) mass is 532 g/mol. The molecule has 0 saturated carbocycles. The van der Waals surface area contributed by atoms with Crippen molar-refractivity contribution >= 4 is 23.4 Å². The van der Waals surface area contributed by atoms with Gasteiger partial charge in [0.25, 0.3) is 0 Å². The number of carbonyl (C=O) groups is 2. The van der Waals surface area contributed by atoms with Gasteiger partial charge in [0.05, 0.1) is 52.3 Å². The van der Waals surface area contributed by atoms with Gasteiger partial charge in [0.1, 0.15) is 11.9 Å². The minimum Gasteiger partial charge on any atom is -0.495 e. The lowest BCUT2D eigenvalue weighted by molar-refractivity contribution is -0.896. The van der Waals surface area contributed by atoms with E-state index in [0.717, 1.165) is 47.1 Å². The van der Waals surface area contributed by atoms with Crippen molar-refractivity contribution in [3.05, 3.63) is 77.9 Å². The number of nitrogens with zero attached hydrogens (tertiary/aromatic N) is 1. The van der Waals surface area contributed by atoms with E-state index >= 15 is 0 Å². The van der Waals surface area contributed by atoms with Crippen LogP contribution in [-0.4, -0.2) is 62.0 Å². The minimum atomic E-state index is -0.463. The molecule has 3 aromatic carbocycles. The van der Waals surface area contributed by atoms with Crippen LogP contribution in [0.25, 0.3) is 11.1 Å². The molecule has 1 saturated heterocycles. The van der Waals surface area contributed by atoms with Crippen LogP contribution in [0.1, 0.15) is 30.4 Å². The third-order valence-corrected chi connectivity index (χ3v) is 7.15. The molecule has 8 heteroatoms. The fourth-order valence-corrected chi connectivity index (χ4v) is 4.79. The summed E-state index contributed by atoms with van der Waals surface area (Å²) in [7, 11) is 5.92. The SMILES string of the molecule is COc1ccc(CO)cc1NC(=O)CCc1ccc(-c2ccccc2)c(NC(=O)OC2CC[N+](C)(C)CC2)c1. The van der Waals surface area contributed by atoms with E-state index in [2.05, 4.69) is 24.7 Å². The number of rotatable bonds is 9. The number of piperidine rings is 1. The topological polar surface area (TPSA) is 96.9 Å². The van der Waals surface area contributed by atoms with Crippen LogP contribution in [0.15, 0.2) is 66.7 Å². The number of quaternary nitrogens is 1. The van der Waals surface area contributed by atoms with Crippen molar-refractivity contribution in [2.24, 2.45) is 0 Å². The highest BCUT2D eigenvalue weighted by Gasteiger charge is 2.28. The largest absolute Gasteiger partial charge is 0.495 e. The average Bonchev–Trinajstić information content (AvgIpc) is 2.93. The second kappa shape index (κ2) is 12.8. The highest BCUT2D eigenvalue weighted by Crippen LogP contribution is 2.30. The highest BCUT2D eigenvalue weighted by molar-refractivity contribution is 5.93. The van der Waals surface area contributed by atoms with Crippen LogP contribution < -0.4 is 15.4 Å². The summed E-state index contributed by atoms with van der Waals surface area (Å²) < 4.78 is 12.0. The van der Waals surface area contributed by atoms with Crippen LogP contribution in [0.3, 0.4) is 0 Å². The van der Waals surface area contributed by atoms with E-state index < -0.39 is 6.09 Å². The van der Waals surface area contributed by atoms with Gasteiger partial charge in [-0.2, -0.15) is 0 Å². The van der Waals surface area contributed by atoms with Crippen molar-refractivity contribution in [1.82, 2.24) is 0 Å². The number of hydrogen-bond donors (Lipinski definition) is 3. The first-order valence-corrected chi connectivity index (χ1v) is 13.3. The summed E-state index contributed by atoms with van der Waals surface area (Å²) in [5.41, 5.74) is 4.61. The van der Waals surface area contributed by atoms with E-state index in [-0.39, 0.29) is 25.0 Å². The standard InChI is InChI=1S/C31H37N3O5/c1-34(2)17-15-25(16-18-34)39-31(37)33-27-19-22(9-12-26(27)24-7-5-4-6-8-24)11-14-30(36)32-28-20-23(21-35)10-13-29(28)38-3/h4-10,12-13,19-20,25,35H,11,14-18,21H2,1-3H3,(H-,32,33,36,37)/p+1. The molecule has 0 radical (unpaired) electrons. The molecule has 2 amide bonds. The van der Waals surface area contributed by atoms with Crippen LogP contribution in [0.2, 0.25) is 0 Å². The molecule has 0 unspecified atom stereocenters. The maximum Gasteiger partial charge on any atom is 0.411 e. The van der Waals surface area contributed by atoms with E-state index in [1.54, 1.807) is 18.2 Å². The number of hydrogen-bond acceptors (Lipinski definition) is 5. The van der Waals surface area contributed by atoms with Gasteiger partial charge in [-0.15, -0.1) is 0 Å². The molecule has 1 aliphatic rings. The van der Waals surface area contributed by atoms with Crippen LogP contribution in [0.4, 0.5) is 16.2 Å². The number of aliphatic hydroxyl groups is 1. The Labute approximate surface area is 230 Å². The molecular formula is C31H38N3O5+. The first-order chi connectivity index (χ1) is 18.8. The van der Waals surface area contributed by atoms with Gasteiger partial charge >= 0.3 is 6.09 Å². The number of likely N-dealkylation sites (tertiary alicyclic amines) is 1. The minimum absolute atomic E-state index is 0.0930. The van der Waals surface area contributed by atoms with Crippen LogP contribution in [0, 0.1) is 0 Å². The van der Waals surface area contributed by atoms with Crippen LogP contribution >= 0.6 is 0 Å². The summed E-state index contributed by atoms with van der Waals surface area (Å²) in [5.74, 6) is 0.348. The Balaban J connectivity index is 1.45. The molecule has 0 atom stereocenters. The number of aryl methyl sites for hydroxylation is 1. The van der Waals surface area contributed by atoms with Crippen molar-refractivity contribution in [2.75, 3.05) is 44.9 Å². The van der Waals surface area contributed by atoms with E-state index in [1.807, 2.05) is 48.5 Å². The summed E-state index contributed by atoms with van der Waals surface area (Å²) in [6, 6.07) is 20.9. The molecule has 0 spiro atoms. The molecule has 3 aromatic rings. The van der Waals surface area contributed by atoms with Gasteiger partial charge in [-0.25, -0.2) is 4.79 Å². The van der Waals surface area contributed by atoms with Gasteiger partial charge in [0, 0.05) is 24.8 Å². The molecule has 8 nitrogen and oxygen atoms in total. The summed E-state index contributed by atoms with van der Waals surface area (Å²) in [6.45, 7) is 1.82. The van der Waals surface area contributed by atoms with Crippen molar-refractivity contribution in [3.63, 3.8) is 0 Å². The Morgan fingerprint density at radius 3 is 2.31 bits per heavy atom. The number of carbonyl (C=O) groups excluding carboxylic acids is 2. The van der Waals surface area contributed by atoms with Gasteiger partial charge in [0.15, 0.2) is 0 Å². The normalized spacial score (nSPS) is 14.9. The molecule has 1 fully saturated rings. The van der Waals surface area contributed by atoms with Crippen molar-refractivity contribution < 1.29 is 28.7 Å². The van der Waals surface area contributed by atoms with E-state index in [0.29, 0.717) is 29.1 Å². The summed E-state index contributed by atoms with van der Waals surface area (Å²) in [4.78, 5) is 25.6. The maximum atomic E-state index is 12.9. The van der Waals surface area contributed by atoms with Crippen LogP contribution in [-0.2, 0) is 22.6 Å². The maximum absolute atomic E-state index is 12.9. The third kappa shape index (κ3) is 7.81. The van der Waals surface area contributed by atoms with E-state index in [1.165, 1.54) is 7.11 Å². The molecule has 1 aliphatic heterocycles. The number of benzene rings is 3. The smallest absolute Gasteiger partial charge is 0.411 e. The molecule has 39 heavy (non-hydrogen) atoms. The van der Waals surface area contributed by atoms with Crippen molar-refractivity contribution in [3.8, 4) is 16.9 Å². The predicted molar refractivity (Wildman–Crippen MR) is 153 cm³/mol. The zero-order chi connectivity index (χ0) is 27.8. The number of methoxy groups -OCH3 is 1. The molecule has 1 heterocycles. The number of anilines is 2. The Morgan fingerprint density at radius 2 is 1.62 bits per heavy atom. The lowest BCUT2D eigenvalue weighted by Gasteiger charge is -2.36. The number of amides is 2. The Kier molecular flexibility index (Phi) is 9.22. The van der Waals surface area contributed by atoms with Gasteiger partial charge in [0.2, 0.25) is 5.91 Å². The zero-order valence-electron chi connectivity index (χ0n) is 22.9. The first-order valence-electron chi connectivity index (χ1n) is 13.3. The van der Waals surface area contributed by atoms with Crippen LogP contribution in [0.5, 0.6) is 5.75 Å². The first kappa shape index (κ1) is 28.1. The van der Waals surface area contributed by atoms with Gasteiger partial charge < -0.3 is 24.4 Å². The molecule has 0 aromatic heterocycles. The lowest BCUT2D eigenvalue weighted by atomic mass is 9.99. The van der Waals surface area contributed by atoms with Crippen molar-refractivity contribution in [1.29, 1.82) is 0 Å². The van der Waals surface area contributed by atoms with E-state index in [9.17, 15) is 14.7 Å². The quantitative estimate of drug-likeness (QED) is 0.329. The average molecular weight is 533 g/mol. The Bertz CT molecular complexity index is 1280. The molecule has 206 valence electrons. The molecule has 0 bridgehead atoms. The molecule has 0 aliphatic carbocycles. The number of aliphatic hydroxyl groups excluding tert-OH is 1. The second-order valence-corrected chi connectivity index (χ2v) is 10.6. The predicted octanol–water partition coefficient (Wildman–Crippen LogP) is 5.21. The number of ether oxygens (including phenoxy) is 2. The lowest BCUT2D eigenvalue weighted by Crippen LogP contribution is -2.48. The third-order valence-electron chi connectivity index (χ3n) is 7.15. The Hall–Kier alpha value is -3.88. The zero-order valence-corrected chi connectivity index (χ0v) is 22.9. The van der Waals surface area contributed by atoms with Crippen molar-refractivity contribution in [2.45, 2.75) is 38.4 Å². The van der Waals surface area contributed by atoms with E-state index in [4.69, 9.17) is 9.47 Å². The Morgan fingerprint density at radius 1 is 0.923 bits per heavy atom.